The average molecular weight is 378 g/mol. The van der Waals surface area contributed by atoms with Gasteiger partial charge < -0.3 is 10.6 Å². The van der Waals surface area contributed by atoms with Gasteiger partial charge in [-0.15, -0.1) is 0 Å². The molecule has 0 spiro atoms. The summed E-state index contributed by atoms with van der Waals surface area (Å²) in [4.78, 5) is 22.4. The number of hydrogen-bond donors (Lipinski definition) is 1. The number of benzene rings is 1. The molecule has 1 unspecified atom stereocenters. The fourth-order valence-electron chi connectivity index (χ4n) is 2.96. The van der Waals surface area contributed by atoms with E-state index in [4.69, 9.17) is 5.73 Å². The first-order valence-corrected chi connectivity index (χ1v) is 9.79. The summed E-state index contributed by atoms with van der Waals surface area (Å²) in [5.74, 6) is -1.71. The summed E-state index contributed by atoms with van der Waals surface area (Å²) in [6.07, 6.45) is 2.25. The van der Waals surface area contributed by atoms with Crippen molar-refractivity contribution in [1.29, 1.82) is 0 Å². The molecule has 2 aromatic rings. The molecule has 0 aliphatic carbocycles. The van der Waals surface area contributed by atoms with E-state index in [1.807, 2.05) is 0 Å². The Morgan fingerprint density at radius 3 is 2.73 bits per heavy atom. The normalized spacial score (nSPS) is 15.4. The van der Waals surface area contributed by atoms with Crippen LogP contribution in [-0.2, 0) is 27.6 Å². The van der Waals surface area contributed by atoms with Crippen LogP contribution in [0.5, 0.6) is 0 Å². The van der Waals surface area contributed by atoms with Gasteiger partial charge in [-0.2, -0.15) is 0 Å². The van der Waals surface area contributed by atoms with E-state index < -0.39 is 21.6 Å². The molecule has 1 amide bonds. The fourth-order valence-corrected chi connectivity index (χ4v) is 4.50. The molecule has 138 valence electrons. The minimum atomic E-state index is -3.69. The summed E-state index contributed by atoms with van der Waals surface area (Å²) < 4.78 is 37.9. The van der Waals surface area contributed by atoms with Crippen LogP contribution in [0.3, 0.4) is 0 Å². The molecular weight excluding hydrogens is 359 g/mol. The van der Waals surface area contributed by atoms with Crippen LogP contribution in [0.1, 0.15) is 18.2 Å². The second-order valence-electron chi connectivity index (χ2n) is 6.35. The van der Waals surface area contributed by atoms with Gasteiger partial charge >= 0.3 is 0 Å². The van der Waals surface area contributed by atoms with Gasteiger partial charge in [-0.1, -0.05) is 6.92 Å². The molecule has 0 radical (unpaired) electrons. The van der Waals surface area contributed by atoms with Crippen molar-refractivity contribution in [2.24, 2.45) is 5.92 Å². The second-order valence-corrected chi connectivity index (χ2v) is 8.38. The van der Waals surface area contributed by atoms with E-state index in [9.17, 15) is 17.6 Å². The summed E-state index contributed by atoms with van der Waals surface area (Å²) in [6.45, 7) is 2.33. The van der Waals surface area contributed by atoms with E-state index in [0.29, 0.717) is 18.7 Å². The van der Waals surface area contributed by atoms with Gasteiger partial charge in [0.05, 0.1) is 22.9 Å². The number of fused-ring (bicyclic) bond motifs is 1. The third-order valence-electron chi connectivity index (χ3n) is 4.34. The van der Waals surface area contributed by atoms with Crippen molar-refractivity contribution in [3.63, 3.8) is 0 Å². The Labute approximate surface area is 151 Å². The Kier molecular flexibility index (Phi) is 4.90. The second kappa shape index (κ2) is 6.99. The van der Waals surface area contributed by atoms with Gasteiger partial charge in [0, 0.05) is 18.7 Å². The fraction of sp³-hybridized carbons (Fsp3) is 0.353. The summed E-state index contributed by atoms with van der Waals surface area (Å²) in [5.41, 5.74) is 7.22. The molecule has 1 atom stereocenters. The van der Waals surface area contributed by atoms with Crippen LogP contribution in [0.4, 0.5) is 10.3 Å². The first kappa shape index (κ1) is 18.2. The Balaban J connectivity index is 1.71. The van der Waals surface area contributed by atoms with Crippen molar-refractivity contribution in [1.82, 2.24) is 14.9 Å². The maximum absolute atomic E-state index is 13.0. The molecule has 1 aliphatic rings. The average Bonchev–Trinajstić information content (AvgIpc) is 2.60. The number of rotatable bonds is 4. The Hall–Kier alpha value is -2.55. The number of hydrogen-bond acceptors (Lipinski definition) is 6. The van der Waals surface area contributed by atoms with Crippen molar-refractivity contribution in [3.8, 4) is 0 Å². The number of nitrogens with two attached hydrogens (primary N) is 1. The summed E-state index contributed by atoms with van der Waals surface area (Å²) in [5, 5.41) is 0. The molecule has 1 aromatic carbocycles. The minimum absolute atomic E-state index is 0.00283. The Bertz CT molecular complexity index is 932. The summed E-state index contributed by atoms with van der Waals surface area (Å²) in [7, 11) is -3.69. The van der Waals surface area contributed by atoms with Crippen LogP contribution in [0, 0.1) is 11.7 Å². The van der Waals surface area contributed by atoms with Gasteiger partial charge in [0.1, 0.15) is 5.82 Å². The van der Waals surface area contributed by atoms with E-state index in [-0.39, 0.29) is 29.0 Å². The number of nitrogens with zero attached hydrogens (tertiary/aromatic N) is 3. The lowest BCUT2D eigenvalue weighted by Crippen LogP contribution is -2.41. The van der Waals surface area contributed by atoms with Crippen LogP contribution < -0.4 is 5.73 Å². The monoisotopic (exact) mass is 378 g/mol. The van der Waals surface area contributed by atoms with E-state index in [2.05, 4.69) is 9.97 Å². The lowest BCUT2D eigenvalue weighted by Gasteiger charge is -2.30. The molecule has 2 N–H and O–H groups in total. The first-order valence-electron chi connectivity index (χ1n) is 8.13. The van der Waals surface area contributed by atoms with E-state index in [0.717, 1.165) is 17.7 Å². The van der Waals surface area contributed by atoms with E-state index in [1.54, 1.807) is 18.0 Å². The molecule has 7 nitrogen and oxygen atoms in total. The number of carbonyl (C=O) groups excluding carboxylic acids is 1. The van der Waals surface area contributed by atoms with Gasteiger partial charge in [-0.3, -0.25) is 4.79 Å². The number of carbonyl (C=O) groups is 1. The molecule has 26 heavy (non-hydrogen) atoms. The van der Waals surface area contributed by atoms with Gasteiger partial charge in [-0.25, -0.2) is 22.8 Å². The highest BCUT2D eigenvalue weighted by Gasteiger charge is 2.29. The quantitative estimate of drug-likeness (QED) is 0.801. The molecule has 0 saturated carbocycles. The van der Waals surface area contributed by atoms with E-state index in [1.165, 1.54) is 12.1 Å². The van der Waals surface area contributed by atoms with Crippen molar-refractivity contribution in [2.45, 2.75) is 24.8 Å². The topological polar surface area (TPSA) is 106 Å². The summed E-state index contributed by atoms with van der Waals surface area (Å²) in [6, 6.07) is 4.59. The van der Waals surface area contributed by atoms with Crippen molar-refractivity contribution >= 4 is 21.7 Å². The van der Waals surface area contributed by atoms with Crippen molar-refractivity contribution in [3.05, 3.63) is 47.5 Å². The molecular formula is C17H19FN4O3S. The zero-order chi connectivity index (χ0) is 18.9. The van der Waals surface area contributed by atoms with Crippen LogP contribution in [-0.4, -0.2) is 41.5 Å². The molecule has 2 heterocycles. The predicted octanol–water partition coefficient (Wildman–Crippen LogP) is 1.19. The number of nitrogen functional groups attached to an aromatic ring is 1. The number of amides is 1. The van der Waals surface area contributed by atoms with Gasteiger partial charge in [-0.05, 0) is 36.2 Å². The van der Waals surface area contributed by atoms with Gasteiger partial charge in [0.2, 0.25) is 11.9 Å². The highest BCUT2D eigenvalue weighted by Crippen LogP contribution is 2.21. The molecule has 1 aliphatic heterocycles. The van der Waals surface area contributed by atoms with Crippen LogP contribution >= 0.6 is 0 Å². The smallest absolute Gasteiger partial charge is 0.226 e. The van der Waals surface area contributed by atoms with Gasteiger partial charge in [0.25, 0.3) is 0 Å². The largest absolute Gasteiger partial charge is 0.368 e. The molecule has 0 fully saturated rings. The first-order chi connectivity index (χ1) is 12.3. The third kappa shape index (κ3) is 3.82. The third-order valence-corrected chi connectivity index (χ3v) is 6.27. The highest BCUT2D eigenvalue weighted by atomic mass is 32.2. The molecule has 1 aromatic heterocycles. The lowest BCUT2D eigenvalue weighted by molar-refractivity contribution is -0.135. The molecule has 0 bridgehead atoms. The Morgan fingerprint density at radius 2 is 2.04 bits per heavy atom. The lowest BCUT2D eigenvalue weighted by atomic mass is 10.1. The number of sulfone groups is 1. The van der Waals surface area contributed by atoms with Crippen molar-refractivity contribution < 1.29 is 17.6 Å². The standard InChI is InChI=1S/C17H19FN4O3S/c1-11(10-26(24,25)14-4-2-13(18)3-5-14)16(23)22-7-6-12-8-20-17(19)21-15(12)9-22/h2-5,8,11H,6-7,9-10H2,1H3,(H2,19,20,21). The minimum Gasteiger partial charge on any atom is -0.368 e. The SMILES string of the molecule is CC(CS(=O)(=O)c1ccc(F)cc1)C(=O)N1CCc2cnc(N)nc2C1. The van der Waals surface area contributed by atoms with Crippen LogP contribution in [0.15, 0.2) is 35.4 Å². The van der Waals surface area contributed by atoms with Crippen LogP contribution in [0.25, 0.3) is 0 Å². The summed E-state index contributed by atoms with van der Waals surface area (Å²) >= 11 is 0. The Morgan fingerprint density at radius 1 is 1.35 bits per heavy atom. The highest BCUT2D eigenvalue weighted by molar-refractivity contribution is 7.91. The number of halogens is 1. The zero-order valence-electron chi connectivity index (χ0n) is 14.2. The van der Waals surface area contributed by atoms with Crippen LogP contribution in [0.2, 0.25) is 0 Å². The predicted molar refractivity (Wildman–Crippen MR) is 93.2 cm³/mol. The maximum Gasteiger partial charge on any atom is 0.226 e. The van der Waals surface area contributed by atoms with Crippen molar-refractivity contribution in [2.75, 3.05) is 18.0 Å². The van der Waals surface area contributed by atoms with Gasteiger partial charge in [0.15, 0.2) is 9.84 Å². The molecule has 0 saturated heterocycles. The van der Waals surface area contributed by atoms with E-state index >= 15 is 0 Å². The molecule has 9 heteroatoms. The zero-order valence-corrected chi connectivity index (χ0v) is 15.0. The maximum atomic E-state index is 13.0. The molecule has 3 rings (SSSR count). The number of aromatic nitrogens is 2. The number of anilines is 1.